The molecule has 0 radical (unpaired) electrons. The molecule has 3 N–H and O–H groups in total. The van der Waals surface area contributed by atoms with Crippen LogP contribution >= 0.6 is 0 Å². The average molecular weight is 387 g/mol. The quantitative estimate of drug-likeness (QED) is 0.487. The number of anilines is 1. The third-order valence-electron chi connectivity index (χ3n) is 3.81. The Balaban J connectivity index is 1.81. The smallest absolute Gasteiger partial charge is 0.307 e. The van der Waals surface area contributed by atoms with Crippen molar-refractivity contribution in [3.05, 3.63) is 41.9 Å². The number of amides is 2. The average Bonchev–Trinajstić information content (AvgIpc) is 3.34. The highest BCUT2D eigenvalue weighted by Gasteiger charge is 2.20. The molecule has 0 aliphatic carbocycles. The van der Waals surface area contributed by atoms with Gasteiger partial charge in [0.15, 0.2) is 17.3 Å². The molecule has 2 aromatic rings. The number of hydrogen-bond donors (Lipinski definition) is 3. The maximum atomic E-state index is 12.0. The number of rotatable bonds is 7. The van der Waals surface area contributed by atoms with Crippen LogP contribution in [0.25, 0.3) is 0 Å². The third-order valence-corrected chi connectivity index (χ3v) is 3.81. The second-order valence-electron chi connectivity index (χ2n) is 5.81. The fourth-order valence-corrected chi connectivity index (χ4v) is 2.44. The molecule has 1 aromatic heterocycles. The van der Waals surface area contributed by atoms with Crippen molar-refractivity contribution >= 4 is 29.2 Å². The molecule has 3 rings (SSSR count). The number of furan rings is 1. The highest BCUT2D eigenvalue weighted by atomic mass is 16.7. The number of ether oxygens (including phenoxy) is 2. The highest BCUT2D eigenvalue weighted by molar-refractivity contribution is 6.08. The number of hydrazone groups is 1. The summed E-state index contributed by atoms with van der Waals surface area (Å²) < 4.78 is 15.6. The summed E-state index contributed by atoms with van der Waals surface area (Å²) in [7, 11) is 0. The molecule has 1 aliphatic heterocycles. The minimum Gasteiger partial charge on any atom is -0.481 e. The van der Waals surface area contributed by atoms with E-state index in [9.17, 15) is 14.4 Å². The number of aliphatic carboxylic acids is 1. The number of carboxylic acids is 1. The summed E-state index contributed by atoms with van der Waals surface area (Å²) in [6.07, 6.45) is 0.890. The van der Waals surface area contributed by atoms with Gasteiger partial charge in [-0.25, -0.2) is 5.43 Å². The summed E-state index contributed by atoms with van der Waals surface area (Å²) in [4.78, 5) is 34.7. The second kappa shape index (κ2) is 8.25. The van der Waals surface area contributed by atoms with Gasteiger partial charge in [0.25, 0.3) is 0 Å². The van der Waals surface area contributed by atoms with Crippen molar-refractivity contribution in [2.24, 2.45) is 5.10 Å². The molecule has 0 fully saturated rings. The van der Waals surface area contributed by atoms with Crippen molar-refractivity contribution in [2.45, 2.75) is 19.8 Å². The monoisotopic (exact) mass is 387 g/mol. The summed E-state index contributed by atoms with van der Waals surface area (Å²) in [5, 5.41) is 15.4. The van der Waals surface area contributed by atoms with Crippen LogP contribution in [-0.2, 0) is 9.59 Å². The fourth-order valence-electron chi connectivity index (χ4n) is 2.44. The molecule has 0 atom stereocenters. The van der Waals surface area contributed by atoms with E-state index in [1.165, 1.54) is 12.3 Å². The standard InChI is InChI=1S/C18H17N3O7/c1-10(20-21-18(25)13-3-2-6-26-13)11-7-14-15(28-9-27-14)8-12(11)19-16(22)4-5-17(23)24/h2-3,6-8H,4-5,9H2,1H3,(H,19,22)(H,21,25)(H,23,24)/b20-10+. The number of nitrogens with zero attached hydrogens (tertiary/aromatic N) is 1. The van der Waals surface area contributed by atoms with E-state index >= 15 is 0 Å². The first-order valence-electron chi connectivity index (χ1n) is 8.28. The van der Waals surface area contributed by atoms with Crippen molar-refractivity contribution in [2.75, 3.05) is 12.1 Å². The largest absolute Gasteiger partial charge is 0.481 e. The fraction of sp³-hybridized carbons (Fsp3) is 0.222. The SMILES string of the molecule is C/C(=N\NC(=O)c1ccco1)c1cc2c(cc1NC(=O)CCC(=O)O)OCO2. The van der Waals surface area contributed by atoms with Crippen molar-refractivity contribution < 1.29 is 33.4 Å². The molecule has 0 saturated carbocycles. The maximum Gasteiger partial charge on any atom is 0.307 e. The summed E-state index contributed by atoms with van der Waals surface area (Å²) in [5.74, 6) is -1.08. The minimum absolute atomic E-state index is 0.0383. The van der Waals surface area contributed by atoms with Gasteiger partial charge in [0.05, 0.1) is 24.1 Å². The lowest BCUT2D eigenvalue weighted by molar-refractivity contribution is -0.138. The number of carbonyl (C=O) groups is 3. The van der Waals surface area contributed by atoms with E-state index in [-0.39, 0.29) is 25.4 Å². The van der Waals surface area contributed by atoms with E-state index in [0.717, 1.165) is 0 Å². The van der Waals surface area contributed by atoms with Crippen LogP contribution in [0.15, 0.2) is 40.0 Å². The van der Waals surface area contributed by atoms with Gasteiger partial charge in [0.1, 0.15) is 0 Å². The van der Waals surface area contributed by atoms with Gasteiger partial charge < -0.3 is 24.3 Å². The summed E-state index contributed by atoms with van der Waals surface area (Å²) in [6.45, 7) is 1.67. The Morgan fingerprint density at radius 3 is 2.61 bits per heavy atom. The van der Waals surface area contributed by atoms with Crippen molar-refractivity contribution in [3.63, 3.8) is 0 Å². The van der Waals surface area contributed by atoms with Crippen LogP contribution < -0.4 is 20.2 Å². The molecule has 2 amide bonds. The molecule has 0 bridgehead atoms. The molecular formula is C18H17N3O7. The third kappa shape index (κ3) is 4.47. The van der Waals surface area contributed by atoms with Crippen LogP contribution in [0.5, 0.6) is 11.5 Å². The lowest BCUT2D eigenvalue weighted by atomic mass is 10.1. The molecule has 1 aliphatic rings. The topological polar surface area (TPSA) is 139 Å². The van der Waals surface area contributed by atoms with Crippen LogP contribution in [0.1, 0.15) is 35.9 Å². The minimum atomic E-state index is -1.07. The predicted molar refractivity (Wildman–Crippen MR) is 96.4 cm³/mol. The molecular weight excluding hydrogens is 370 g/mol. The van der Waals surface area contributed by atoms with E-state index in [0.29, 0.717) is 28.5 Å². The number of nitrogens with one attached hydrogen (secondary N) is 2. The van der Waals surface area contributed by atoms with Crippen LogP contribution in [0.4, 0.5) is 5.69 Å². The Kier molecular flexibility index (Phi) is 5.58. The Hall–Kier alpha value is -3.82. The van der Waals surface area contributed by atoms with E-state index in [1.54, 1.807) is 25.1 Å². The molecule has 146 valence electrons. The molecule has 0 unspecified atom stereocenters. The molecule has 1 aromatic carbocycles. The zero-order valence-corrected chi connectivity index (χ0v) is 14.9. The van der Waals surface area contributed by atoms with Crippen LogP contribution in [0, 0.1) is 0 Å². The van der Waals surface area contributed by atoms with E-state index in [1.807, 2.05) is 0 Å². The lowest BCUT2D eigenvalue weighted by Gasteiger charge is -2.12. The number of carbonyl (C=O) groups excluding carboxylic acids is 2. The summed E-state index contributed by atoms with van der Waals surface area (Å²) in [6, 6.07) is 6.25. The van der Waals surface area contributed by atoms with E-state index in [4.69, 9.17) is 19.0 Å². The van der Waals surface area contributed by atoms with Gasteiger partial charge in [-0.3, -0.25) is 14.4 Å². The molecule has 0 saturated heterocycles. The summed E-state index contributed by atoms with van der Waals surface area (Å²) >= 11 is 0. The maximum absolute atomic E-state index is 12.0. The molecule has 0 spiro atoms. The predicted octanol–water partition coefficient (Wildman–Crippen LogP) is 1.97. The first-order chi connectivity index (χ1) is 13.4. The normalized spacial score (nSPS) is 12.5. The number of carboxylic acid groups (broad SMARTS) is 1. The molecule has 10 nitrogen and oxygen atoms in total. The second-order valence-corrected chi connectivity index (χ2v) is 5.81. The Morgan fingerprint density at radius 2 is 1.93 bits per heavy atom. The summed E-state index contributed by atoms with van der Waals surface area (Å²) in [5.41, 5.74) is 3.58. The Labute approximate surface area is 159 Å². The van der Waals surface area contributed by atoms with Gasteiger partial charge >= 0.3 is 11.9 Å². The van der Waals surface area contributed by atoms with E-state index < -0.39 is 17.8 Å². The van der Waals surface area contributed by atoms with Gasteiger partial charge in [-0.05, 0) is 25.1 Å². The lowest BCUT2D eigenvalue weighted by Crippen LogP contribution is -2.20. The Morgan fingerprint density at radius 1 is 1.18 bits per heavy atom. The number of fused-ring (bicyclic) bond motifs is 1. The van der Waals surface area contributed by atoms with Crippen molar-refractivity contribution in [1.82, 2.24) is 5.43 Å². The first-order valence-corrected chi connectivity index (χ1v) is 8.28. The van der Waals surface area contributed by atoms with Gasteiger partial charge in [-0.1, -0.05) is 0 Å². The van der Waals surface area contributed by atoms with Crippen LogP contribution in [-0.4, -0.2) is 35.4 Å². The molecule has 2 heterocycles. The molecule has 28 heavy (non-hydrogen) atoms. The van der Waals surface area contributed by atoms with E-state index in [2.05, 4.69) is 15.8 Å². The number of benzene rings is 1. The molecule has 10 heteroatoms. The Bertz CT molecular complexity index is 935. The van der Waals surface area contributed by atoms with Gasteiger partial charge in [0.2, 0.25) is 12.7 Å². The zero-order valence-electron chi connectivity index (χ0n) is 14.9. The van der Waals surface area contributed by atoms with Crippen molar-refractivity contribution in [1.29, 1.82) is 0 Å². The van der Waals surface area contributed by atoms with Gasteiger partial charge in [-0.2, -0.15) is 5.10 Å². The highest BCUT2D eigenvalue weighted by Crippen LogP contribution is 2.37. The van der Waals surface area contributed by atoms with Gasteiger partial charge in [-0.15, -0.1) is 0 Å². The number of hydrogen-bond acceptors (Lipinski definition) is 7. The van der Waals surface area contributed by atoms with Crippen LogP contribution in [0.2, 0.25) is 0 Å². The van der Waals surface area contributed by atoms with Crippen LogP contribution in [0.3, 0.4) is 0 Å². The van der Waals surface area contributed by atoms with Crippen molar-refractivity contribution in [3.8, 4) is 11.5 Å². The first kappa shape index (κ1) is 19.0. The zero-order chi connectivity index (χ0) is 20.1. The van der Waals surface area contributed by atoms with Gasteiger partial charge in [0, 0.05) is 18.1 Å².